The molecular weight excluding hydrogens is 277 g/mol. The first-order chi connectivity index (χ1) is 10.1. The molecule has 4 N–H and O–H groups in total. The summed E-state index contributed by atoms with van der Waals surface area (Å²) >= 11 is 0. The van der Waals surface area contributed by atoms with Gasteiger partial charge in [-0.15, -0.1) is 0 Å². The van der Waals surface area contributed by atoms with Crippen molar-refractivity contribution in [3.8, 4) is 0 Å². The smallest absolute Gasteiger partial charge is 0.319 e. The third-order valence-electron chi connectivity index (χ3n) is 3.27. The fourth-order valence-electron chi connectivity index (χ4n) is 2.16. The molecule has 7 heteroatoms. The van der Waals surface area contributed by atoms with E-state index in [1.807, 2.05) is 0 Å². The summed E-state index contributed by atoms with van der Waals surface area (Å²) in [5.41, 5.74) is 5.16. The van der Waals surface area contributed by atoms with E-state index >= 15 is 0 Å². The molecule has 1 heterocycles. The van der Waals surface area contributed by atoms with Gasteiger partial charge >= 0.3 is 6.03 Å². The summed E-state index contributed by atoms with van der Waals surface area (Å²) in [5.74, 6) is -1.31. The van der Waals surface area contributed by atoms with Crippen LogP contribution in [0.4, 0.5) is 14.9 Å². The Bertz CT molecular complexity index is 530. The maximum atomic E-state index is 13.5. The average Bonchev–Trinajstić information content (AvgIpc) is 2.94. The minimum atomic E-state index is -0.683. The lowest BCUT2D eigenvalue weighted by molar-refractivity contribution is 0.1000. The van der Waals surface area contributed by atoms with Crippen molar-refractivity contribution < 1.29 is 18.7 Å². The number of ether oxygens (including phenoxy) is 1. The molecule has 0 saturated carbocycles. The second-order valence-electron chi connectivity index (χ2n) is 4.86. The summed E-state index contributed by atoms with van der Waals surface area (Å²) in [4.78, 5) is 22.7. The largest absolute Gasteiger partial charge is 0.378 e. The van der Waals surface area contributed by atoms with Gasteiger partial charge in [-0.05, 0) is 37.5 Å². The van der Waals surface area contributed by atoms with E-state index in [2.05, 4.69) is 10.6 Å². The monoisotopic (exact) mass is 295 g/mol. The first kappa shape index (κ1) is 15.2. The number of nitrogens with two attached hydrogens (primary N) is 1. The number of urea groups is 1. The third kappa shape index (κ3) is 4.42. The second kappa shape index (κ2) is 7.03. The molecule has 0 radical (unpaired) electrons. The van der Waals surface area contributed by atoms with Gasteiger partial charge in [-0.25, -0.2) is 9.18 Å². The number of carbonyl (C=O) groups excluding carboxylic acids is 2. The molecule has 6 nitrogen and oxygen atoms in total. The summed E-state index contributed by atoms with van der Waals surface area (Å²) < 4.78 is 19.0. The first-order valence-electron chi connectivity index (χ1n) is 6.82. The van der Waals surface area contributed by atoms with Gasteiger partial charge in [0.1, 0.15) is 5.82 Å². The Balaban J connectivity index is 1.84. The predicted octanol–water partition coefficient (Wildman–Crippen LogP) is 1.62. The minimum absolute atomic E-state index is 0.0825. The number of carbonyl (C=O) groups is 2. The average molecular weight is 295 g/mol. The summed E-state index contributed by atoms with van der Waals surface area (Å²) in [6.07, 6.45) is 2.94. The van der Waals surface area contributed by atoms with Crippen molar-refractivity contribution >= 4 is 17.6 Å². The van der Waals surface area contributed by atoms with E-state index in [9.17, 15) is 14.0 Å². The van der Waals surface area contributed by atoms with Gasteiger partial charge in [-0.2, -0.15) is 0 Å². The molecule has 1 aliphatic rings. The number of anilines is 1. The van der Waals surface area contributed by atoms with Crippen LogP contribution in [-0.2, 0) is 4.74 Å². The Hall–Kier alpha value is -2.15. The number of halogens is 1. The van der Waals surface area contributed by atoms with Crippen LogP contribution in [0.1, 0.15) is 29.6 Å². The molecule has 3 amide bonds. The standard InChI is InChI=1S/C14H18FN3O3/c15-11-4-3-9(13(16)19)8-12(11)18-14(20)17-6-5-10-2-1-7-21-10/h3-4,8,10H,1-2,5-7H2,(H2,16,19)(H2,17,18,20)/t10-/m0/s1. The topological polar surface area (TPSA) is 93.5 Å². The molecule has 1 saturated heterocycles. The Morgan fingerprint density at radius 2 is 2.24 bits per heavy atom. The summed E-state index contributed by atoms with van der Waals surface area (Å²) in [5, 5.41) is 4.98. The van der Waals surface area contributed by atoms with Gasteiger partial charge in [-0.3, -0.25) is 4.79 Å². The van der Waals surface area contributed by atoms with Crippen molar-refractivity contribution in [1.82, 2.24) is 5.32 Å². The van der Waals surface area contributed by atoms with Crippen LogP contribution < -0.4 is 16.4 Å². The highest BCUT2D eigenvalue weighted by Gasteiger charge is 2.15. The molecule has 0 bridgehead atoms. The lowest BCUT2D eigenvalue weighted by atomic mass is 10.2. The lowest BCUT2D eigenvalue weighted by Gasteiger charge is -2.11. The maximum absolute atomic E-state index is 13.5. The first-order valence-corrected chi connectivity index (χ1v) is 6.82. The molecule has 1 fully saturated rings. The minimum Gasteiger partial charge on any atom is -0.378 e. The highest BCUT2D eigenvalue weighted by molar-refractivity contribution is 5.96. The second-order valence-corrected chi connectivity index (χ2v) is 4.86. The van der Waals surface area contributed by atoms with Crippen LogP contribution in [0.2, 0.25) is 0 Å². The normalized spacial score (nSPS) is 17.5. The Morgan fingerprint density at radius 3 is 2.90 bits per heavy atom. The molecule has 0 spiro atoms. The molecule has 114 valence electrons. The van der Waals surface area contributed by atoms with E-state index in [0.717, 1.165) is 31.9 Å². The number of nitrogens with one attached hydrogen (secondary N) is 2. The molecule has 1 aromatic carbocycles. The van der Waals surface area contributed by atoms with E-state index in [-0.39, 0.29) is 17.4 Å². The van der Waals surface area contributed by atoms with Crippen LogP contribution in [0.5, 0.6) is 0 Å². The predicted molar refractivity (Wildman–Crippen MR) is 75.5 cm³/mol. The van der Waals surface area contributed by atoms with Crippen LogP contribution in [0.3, 0.4) is 0 Å². The molecule has 0 unspecified atom stereocenters. The van der Waals surface area contributed by atoms with Gasteiger partial charge in [0.2, 0.25) is 5.91 Å². The molecule has 1 aromatic rings. The number of rotatable bonds is 5. The van der Waals surface area contributed by atoms with Gasteiger partial charge < -0.3 is 21.1 Å². The number of primary amides is 1. The summed E-state index contributed by atoms with van der Waals surface area (Å²) in [7, 11) is 0. The fraction of sp³-hybridized carbons (Fsp3) is 0.429. The Labute approximate surface area is 121 Å². The maximum Gasteiger partial charge on any atom is 0.319 e. The van der Waals surface area contributed by atoms with E-state index in [0.29, 0.717) is 6.54 Å². The molecular formula is C14H18FN3O3. The van der Waals surface area contributed by atoms with E-state index < -0.39 is 17.8 Å². The van der Waals surface area contributed by atoms with Crippen molar-refractivity contribution in [2.45, 2.75) is 25.4 Å². The third-order valence-corrected chi connectivity index (χ3v) is 3.27. The van der Waals surface area contributed by atoms with Crippen molar-refractivity contribution in [2.75, 3.05) is 18.5 Å². The van der Waals surface area contributed by atoms with Crippen LogP contribution in [0, 0.1) is 5.82 Å². The highest BCUT2D eigenvalue weighted by atomic mass is 19.1. The number of amides is 3. The van der Waals surface area contributed by atoms with Gasteiger partial charge in [0.25, 0.3) is 0 Å². The number of benzene rings is 1. The zero-order valence-electron chi connectivity index (χ0n) is 11.5. The van der Waals surface area contributed by atoms with E-state index in [4.69, 9.17) is 10.5 Å². The molecule has 2 rings (SSSR count). The Kier molecular flexibility index (Phi) is 5.10. The van der Waals surface area contributed by atoms with Crippen LogP contribution in [-0.4, -0.2) is 31.2 Å². The zero-order valence-corrected chi connectivity index (χ0v) is 11.5. The molecule has 21 heavy (non-hydrogen) atoms. The van der Waals surface area contributed by atoms with E-state index in [1.165, 1.54) is 12.1 Å². The summed E-state index contributed by atoms with van der Waals surface area (Å²) in [6.45, 7) is 1.20. The summed E-state index contributed by atoms with van der Waals surface area (Å²) in [6, 6.07) is 3.02. The molecule has 0 aliphatic carbocycles. The van der Waals surface area contributed by atoms with Gasteiger partial charge in [-0.1, -0.05) is 0 Å². The quantitative estimate of drug-likeness (QED) is 0.770. The highest BCUT2D eigenvalue weighted by Crippen LogP contribution is 2.16. The van der Waals surface area contributed by atoms with Gasteiger partial charge in [0.15, 0.2) is 0 Å². The van der Waals surface area contributed by atoms with Crippen LogP contribution >= 0.6 is 0 Å². The van der Waals surface area contributed by atoms with Crippen molar-refractivity contribution in [3.63, 3.8) is 0 Å². The lowest BCUT2D eigenvalue weighted by Crippen LogP contribution is -2.31. The number of hydrogen-bond acceptors (Lipinski definition) is 3. The van der Waals surface area contributed by atoms with E-state index in [1.54, 1.807) is 0 Å². The van der Waals surface area contributed by atoms with Gasteiger partial charge in [0, 0.05) is 18.7 Å². The van der Waals surface area contributed by atoms with Crippen molar-refractivity contribution in [3.05, 3.63) is 29.6 Å². The van der Waals surface area contributed by atoms with Gasteiger partial charge in [0.05, 0.1) is 11.8 Å². The van der Waals surface area contributed by atoms with Crippen molar-refractivity contribution in [2.24, 2.45) is 5.73 Å². The molecule has 1 aliphatic heterocycles. The fourth-order valence-corrected chi connectivity index (χ4v) is 2.16. The van der Waals surface area contributed by atoms with Crippen LogP contribution in [0.15, 0.2) is 18.2 Å². The van der Waals surface area contributed by atoms with Crippen molar-refractivity contribution in [1.29, 1.82) is 0 Å². The Morgan fingerprint density at radius 1 is 1.43 bits per heavy atom. The van der Waals surface area contributed by atoms with Crippen LogP contribution in [0.25, 0.3) is 0 Å². The SMILES string of the molecule is NC(=O)c1ccc(F)c(NC(=O)NCC[C@@H]2CCCO2)c1. The number of hydrogen-bond donors (Lipinski definition) is 3. The molecule has 0 aromatic heterocycles. The zero-order chi connectivity index (χ0) is 15.2. The molecule has 1 atom stereocenters.